The predicted molar refractivity (Wildman–Crippen MR) is 38.3 cm³/mol. The average Bonchev–Trinajstić information content (AvgIpc) is 1.86. The van der Waals surface area contributed by atoms with E-state index in [0.29, 0.717) is 0 Å². The molecule has 0 spiro atoms. The first-order valence-electron chi connectivity index (χ1n) is 4.27. The van der Waals surface area contributed by atoms with Gasteiger partial charge in [-0.1, -0.05) is 0 Å². The minimum Gasteiger partial charge on any atom is -0.166 e. The Kier molecular flexibility index (Phi) is 3.40. The molecular weight excluding hydrogens is 324 g/mol. The maximum atomic E-state index is 12.2. The second kappa shape index (κ2) is 4.07. The molecule has 0 radical (unpaired) electrons. The van der Waals surface area contributed by atoms with E-state index < -0.39 is 47.0 Å². The van der Waals surface area contributed by atoms with Crippen LogP contribution in [0.4, 0.5) is 52.7 Å². The van der Waals surface area contributed by atoms with Crippen LogP contribution in [0.3, 0.4) is 0 Å². The minimum absolute atomic E-state index is 3.36. The Bertz CT molecular complexity index is 373. The molecule has 0 aromatic heterocycles. The number of rotatable bonds is 0. The summed E-state index contributed by atoms with van der Waals surface area (Å²) in [5.41, 5.74) is -13.4. The molecule has 0 amide bonds. The van der Waals surface area contributed by atoms with Crippen molar-refractivity contribution < 1.29 is 52.7 Å². The summed E-state index contributed by atoms with van der Waals surface area (Å²) in [7, 11) is 0. The second-order valence-corrected chi connectivity index (χ2v) is 3.49. The van der Waals surface area contributed by atoms with Crippen molar-refractivity contribution in [3.8, 4) is 0 Å². The molecule has 0 saturated carbocycles. The molecule has 0 nitrogen and oxygen atoms in total. The quantitative estimate of drug-likeness (QED) is 0.559. The second-order valence-electron chi connectivity index (χ2n) is 3.49. The van der Waals surface area contributed by atoms with Gasteiger partial charge in [-0.05, 0) is 0 Å². The van der Waals surface area contributed by atoms with Gasteiger partial charge in [0.05, 0.1) is 22.3 Å². The van der Waals surface area contributed by atoms with Gasteiger partial charge in [0, 0.05) is 0 Å². The topological polar surface area (TPSA) is 0 Å². The van der Waals surface area contributed by atoms with E-state index in [0.717, 1.165) is 0 Å². The van der Waals surface area contributed by atoms with Gasteiger partial charge < -0.3 is 0 Å². The third-order valence-electron chi connectivity index (χ3n) is 2.13. The van der Waals surface area contributed by atoms with Crippen LogP contribution in [0.2, 0.25) is 0 Å². The maximum Gasteiger partial charge on any atom is 0.417 e. The zero-order valence-corrected chi connectivity index (χ0v) is 8.54. The van der Waals surface area contributed by atoms with Crippen LogP contribution >= 0.6 is 0 Å². The van der Waals surface area contributed by atoms with Gasteiger partial charge >= 0.3 is 24.7 Å². The lowest BCUT2D eigenvalue weighted by molar-refractivity contribution is -0.154. The van der Waals surface area contributed by atoms with Gasteiger partial charge in [-0.15, -0.1) is 0 Å². The molecule has 1 aliphatic carbocycles. The fraction of sp³-hybridized carbons (Fsp3) is 0.500. The van der Waals surface area contributed by atoms with Gasteiger partial charge in [-0.25, -0.2) is 0 Å². The summed E-state index contributed by atoms with van der Waals surface area (Å²) < 4.78 is 146. The highest BCUT2D eigenvalue weighted by atomic mass is 19.4. The summed E-state index contributed by atoms with van der Waals surface area (Å²) in [5.74, 6) is 0. The van der Waals surface area contributed by atoms with E-state index in [-0.39, 0.29) is 0 Å². The Morgan fingerprint density at radius 2 is 0.400 bits per heavy atom. The molecule has 0 heterocycles. The first-order valence-corrected chi connectivity index (χ1v) is 4.27. The minimum atomic E-state index is -6.22. The summed E-state index contributed by atoms with van der Waals surface area (Å²) in [6.07, 6.45) is -24.9. The first-order chi connectivity index (χ1) is 8.49. The maximum absolute atomic E-state index is 12.2. The molecule has 12 heteroatoms. The Morgan fingerprint density at radius 3 is 0.450 bits per heavy atom. The SMILES string of the molecule is FC(F)(F)C1=C(C(F)(F)F)C(C(F)(F)F)=C1C(F)(F)F. The normalized spacial score (nSPS) is 18.6. The summed E-state index contributed by atoms with van der Waals surface area (Å²) in [4.78, 5) is 0. The van der Waals surface area contributed by atoms with Crippen LogP contribution < -0.4 is 0 Å². The zero-order valence-electron chi connectivity index (χ0n) is 8.54. The van der Waals surface area contributed by atoms with Crippen molar-refractivity contribution in [3.63, 3.8) is 0 Å². The van der Waals surface area contributed by atoms with Crippen molar-refractivity contribution in [2.75, 3.05) is 0 Å². The van der Waals surface area contributed by atoms with Crippen LogP contribution in [0.25, 0.3) is 0 Å². The van der Waals surface area contributed by atoms with Crippen LogP contribution in [-0.2, 0) is 0 Å². The van der Waals surface area contributed by atoms with Crippen molar-refractivity contribution in [2.24, 2.45) is 0 Å². The molecule has 0 N–H and O–H groups in total. The van der Waals surface area contributed by atoms with Crippen LogP contribution in [0.5, 0.6) is 0 Å². The number of hydrogen-bond acceptors (Lipinski definition) is 0. The average molecular weight is 324 g/mol. The highest BCUT2D eigenvalue weighted by Crippen LogP contribution is 2.59. The largest absolute Gasteiger partial charge is 0.417 e. The lowest BCUT2D eigenvalue weighted by atomic mass is 9.78. The van der Waals surface area contributed by atoms with Crippen molar-refractivity contribution in [1.29, 1.82) is 0 Å². The fourth-order valence-corrected chi connectivity index (χ4v) is 1.57. The van der Waals surface area contributed by atoms with Gasteiger partial charge in [0.25, 0.3) is 0 Å². The van der Waals surface area contributed by atoms with Gasteiger partial charge in [0.1, 0.15) is 0 Å². The molecule has 0 aromatic rings. The summed E-state index contributed by atoms with van der Waals surface area (Å²) >= 11 is 0. The van der Waals surface area contributed by atoms with Crippen molar-refractivity contribution in [1.82, 2.24) is 0 Å². The van der Waals surface area contributed by atoms with E-state index in [1.165, 1.54) is 0 Å². The van der Waals surface area contributed by atoms with Gasteiger partial charge in [-0.2, -0.15) is 52.7 Å². The monoisotopic (exact) mass is 324 g/mol. The molecular formula is C8F12. The molecule has 20 heavy (non-hydrogen) atoms. The molecule has 0 bridgehead atoms. The van der Waals surface area contributed by atoms with Gasteiger partial charge in [0.2, 0.25) is 0 Å². The van der Waals surface area contributed by atoms with Crippen LogP contribution in [-0.4, -0.2) is 24.7 Å². The smallest absolute Gasteiger partial charge is 0.166 e. The van der Waals surface area contributed by atoms with E-state index in [9.17, 15) is 52.7 Å². The first kappa shape index (κ1) is 16.7. The Balaban J connectivity index is 3.65. The van der Waals surface area contributed by atoms with E-state index in [1.54, 1.807) is 0 Å². The van der Waals surface area contributed by atoms with E-state index >= 15 is 0 Å². The lowest BCUT2D eigenvalue weighted by Gasteiger charge is -2.34. The van der Waals surface area contributed by atoms with Crippen molar-refractivity contribution in [3.05, 3.63) is 22.3 Å². The third-order valence-corrected chi connectivity index (χ3v) is 2.13. The molecule has 0 saturated heterocycles. The lowest BCUT2D eigenvalue weighted by Crippen LogP contribution is -2.42. The molecule has 0 fully saturated rings. The number of halogens is 12. The summed E-state index contributed by atoms with van der Waals surface area (Å²) in [6.45, 7) is 0. The molecule has 0 aromatic carbocycles. The standard InChI is InChI=1S/C8F12/c9-5(10,11)1-2(6(12,13)14)4(8(18,19)20)3(1)7(15,16)17. The van der Waals surface area contributed by atoms with Crippen LogP contribution in [0.15, 0.2) is 22.3 Å². The molecule has 1 rings (SSSR count). The third kappa shape index (κ3) is 2.73. The van der Waals surface area contributed by atoms with Crippen LogP contribution in [0, 0.1) is 0 Å². The van der Waals surface area contributed by atoms with Gasteiger partial charge in [0.15, 0.2) is 0 Å². The highest BCUT2D eigenvalue weighted by molar-refractivity contribution is 5.67. The highest BCUT2D eigenvalue weighted by Gasteiger charge is 2.66. The number of allylic oxidation sites excluding steroid dienone is 4. The van der Waals surface area contributed by atoms with E-state index in [2.05, 4.69) is 0 Å². The van der Waals surface area contributed by atoms with E-state index in [4.69, 9.17) is 0 Å². The van der Waals surface area contributed by atoms with Crippen molar-refractivity contribution >= 4 is 0 Å². The number of hydrogen-bond donors (Lipinski definition) is 0. The summed E-state index contributed by atoms with van der Waals surface area (Å²) in [5, 5.41) is 0. The predicted octanol–water partition coefficient (Wildman–Crippen LogP) is 4.84. The van der Waals surface area contributed by atoms with Crippen LogP contribution in [0.1, 0.15) is 0 Å². The molecule has 0 atom stereocenters. The fourth-order valence-electron chi connectivity index (χ4n) is 1.57. The summed E-state index contributed by atoms with van der Waals surface area (Å²) in [6, 6.07) is 0. The van der Waals surface area contributed by atoms with Gasteiger partial charge in [-0.3, -0.25) is 0 Å². The van der Waals surface area contributed by atoms with Crippen molar-refractivity contribution in [2.45, 2.75) is 24.7 Å². The zero-order chi connectivity index (χ0) is 16.3. The molecule has 1 aliphatic rings. The molecule has 116 valence electrons. The Labute approximate surface area is 101 Å². The molecule has 0 aliphatic heterocycles. The van der Waals surface area contributed by atoms with E-state index in [1.807, 2.05) is 0 Å². The Hall–Kier alpha value is -1.36. The Morgan fingerprint density at radius 1 is 0.300 bits per heavy atom. The number of alkyl halides is 12. The molecule has 0 unspecified atom stereocenters.